The highest BCUT2D eigenvalue weighted by Crippen LogP contribution is 2.24. The molecule has 0 aromatic heterocycles. The molecule has 0 aliphatic carbocycles. The van der Waals surface area contributed by atoms with Crippen molar-refractivity contribution in [2.75, 3.05) is 5.33 Å². The molecule has 1 rings (SSSR count). The van der Waals surface area contributed by atoms with Crippen molar-refractivity contribution < 1.29 is 18.0 Å². The van der Waals surface area contributed by atoms with E-state index in [0.717, 1.165) is 18.2 Å². The molecule has 0 saturated carbocycles. The van der Waals surface area contributed by atoms with Crippen molar-refractivity contribution in [2.45, 2.75) is 12.8 Å². The minimum absolute atomic E-state index is 0.0504. The van der Waals surface area contributed by atoms with Crippen LogP contribution in [0.5, 0.6) is 0 Å². The van der Waals surface area contributed by atoms with Gasteiger partial charge in [-0.1, -0.05) is 22.0 Å². The zero-order valence-corrected chi connectivity index (χ0v) is 9.23. The minimum Gasteiger partial charge on any atom is -0.298 e. The van der Waals surface area contributed by atoms with Crippen molar-refractivity contribution in [3.63, 3.8) is 0 Å². The van der Waals surface area contributed by atoms with Crippen LogP contribution in [-0.4, -0.2) is 11.1 Å². The molecular weight excluding hydrogens is 273 g/mol. The van der Waals surface area contributed by atoms with E-state index in [1.807, 2.05) is 0 Å². The van der Waals surface area contributed by atoms with Crippen molar-refractivity contribution in [3.8, 4) is 0 Å². The van der Waals surface area contributed by atoms with Crippen LogP contribution in [0, 0.1) is 5.82 Å². The van der Waals surface area contributed by atoms with E-state index in [-0.39, 0.29) is 28.7 Å². The summed E-state index contributed by atoms with van der Waals surface area (Å²) in [5, 5.41) is 0.0756. The molecule has 0 heterocycles. The van der Waals surface area contributed by atoms with Gasteiger partial charge in [-0.05, 0) is 17.7 Å². The zero-order chi connectivity index (χ0) is 11.4. The van der Waals surface area contributed by atoms with Gasteiger partial charge < -0.3 is 0 Å². The molecule has 5 heteroatoms. The molecule has 15 heavy (non-hydrogen) atoms. The third kappa shape index (κ3) is 3.34. The molecule has 1 aromatic carbocycles. The summed E-state index contributed by atoms with van der Waals surface area (Å²) in [6, 6.07) is 2.95. The molecule has 1 aromatic rings. The minimum atomic E-state index is -2.69. The Morgan fingerprint density at radius 2 is 2.07 bits per heavy atom. The number of rotatable bonds is 4. The third-order valence-corrected chi connectivity index (χ3v) is 2.50. The van der Waals surface area contributed by atoms with Crippen molar-refractivity contribution >= 4 is 21.7 Å². The van der Waals surface area contributed by atoms with Gasteiger partial charge in [0.15, 0.2) is 0 Å². The monoisotopic (exact) mass is 280 g/mol. The zero-order valence-electron chi connectivity index (χ0n) is 7.64. The molecule has 0 N–H and O–H groups in total. The van der Waals surface area contributed by atoms with Gasteiger partial charge in [-0.3, -0.25) is 4.79 Å². The highest BCUT2D eigenvalue weighted by Gasteiger charge is 2.15. The second-order valence-corrected chi connectivity index (χ2v) is 3.55. The lowest BCUT2D eigenvalue weighted by Crippen LogP contribution is -2.06. The van der Waals surface area contributed by atoms with Crippen LogP contribution in [-0.2, 0) is 11.2 Å². The molecule has 0 aliphatic rings. The van der Waals surface area contributed by atoms with Crippen molar-refractivity contribution in [3.05, 3.63) is 35.1 Å². The maximum atomic E-state index is 12.8. The summed E-state index contributed by atoms with van der Waals surface area (Å²) in [6.07, 6.45) is -2.87. The fraction of sp³-hybridized carbons (Fsp3) is 0.300. The number of halogens is 4. The summed E-state index contributed by atoms with van der Waals surface area (Å²) in [5.41, 5.74) is -0.236. The summed E-state index contributed by atoms with van der Waals surface area (Å²) < 4.78 is 37.7. The predicted octanol–water partition coefficient (Wildman–Crippen LogP) is 3.27. The van der Waals surface area contributed by atoms with Gasteiger partial charge in [-0.25, -0.2) is 13.2 Å². The Morgan fingerprint density at radius 1 is 1.40 bits per heavy atom. The molecule has 82 valence electrons. The van der Waals surface area contributed by atoms with Crippen molar-refractivity contribution in [1.29, 1.82) is 0 Å². The molecule has 0 amide bonds. The average molecular weight is 281 g/mol. The highest BCUT2D eigenvalue weighted by molar-refractivity contribution is 9.09. The van der Waals surface area contributed by atoms with E-state index in [2.05, 4.69) is 15.9 Å². The van der Waals surface area contributed by atoms with Gasteiger partial charge in [-0.2, -0.15) is 0 Å². The molecule has 0 unspecified atom stereocenters. The Bertz CT molecular complexity index is 366. The van der Waals surface area contributed by atoms with Crippen LogP contribution in [0.3, 0.4) is 0 Å². The number of hydrogen-bond acceptors (Lipinski definition) is 1. The van der Waals surface area contributed by atoms with E-state index < -0.39 is 12.2 Å². The Balaban J connectivity index is 3.02. The van der Waals surface area contributed by atoms with Gasteiger partial charge >= 0.3 is 0 Å². The maximum Gasteiger partial charge on any atom is 0.264 e. The number of hydrogen-bond donors (Lipinski definition) is 0. The van der Waals surface area contributed by atoms with Gasteiger partial charge in [0.05, 0.1) is 5.33 Å². The molecular formula is C10H8BrF3O. The average Bonchev–Trinajstić information content (AvgIpc) is 2.17. The first-order valence-electron chi connectivity index (χ1n) is 4.18. The third-order valence-electron chi connectivity index (χ3n) is 1.88. The smallest absolute Gasteiger partial charge is 0.264 e. The van der Waals surface area contributed by atoms with Crippen LogP contribution >= 0.6 is 15.9 Å². The molecule has 0 atom stereocenters. The molecule has 0 spiro atoms. The summed E-state index contributed by atoms with van der Waals surface area (Å²) in [5.74, 6) is -0.876. The van der Waals surface area contributed by atoms with Crippen LogP contribution < -0.4 is 0 Å². The SMILES string of the molecule is O=C(CBr)Cc1cc(F)ccc1C(F)F. The van der Waals surface area contributed by atoms with E-state index in [1.165, 1.54) is 0 Å². The lowest BCUT2D eigenvalue weighted by Gasteiger charge is -2.07. The Labute approximate surface area is 93.4 Å². The fourth-order valence-electron chi connectivity index (χ4n) is 1.20. The number of Topliss-reactive ketones (excluding diaryl/α,β-unsaturated/α-hetero) is 1. The first kappa shape index (κ1) is 12.2. The molecule has 1 nitrogen and oxygen atoms in total. The van der Waals surface area contributed by atoms with E-state index in [4.69, 9.17) is 0 Å². The van der Waals surface area contributed by atoms with Crippen LogP contribution in [0.15, 0.2) is 18.2 Å². The van der Waals surface area contributed by atoms with Gasteiger partial charge in [0.2, 0.25) is 0 Å². The second kappa shape index (κ2) is 5.30. The summed E-state index contributed by atoms with van der Waals surface area (Å²) in [4.78, 5) is 11.1. The molecule has 0 saturated heterocycles. The van der Waals surface area contributed by atoms with Crippen LogP contribution in [0.2, 0.25) is 0 Å². The number of ketones is 1. The number of carbonyl (C=O) groups is 1. The lowest BCUT2D eigenvalue weighted by atomic mass is 10.0. The van der Waals surface area contributed by atoms with Gasteiger partial charge in [0, 0.05) is 12.0 Å². The normalized spacial score (nSPS) is 10.7. The number of alkyl halides is 3. The lowest BCUT2D eigenvalue weighted by molar-refractivity contribution is -0.115. The fourth-order valence-corrected chi connectivity index (χ4v) is 1.40. The summed E-state index contributed by atoms with van der Waals surface area (Å²) in [7, 11) is 0. The van der Waals surface area contributed by atoms with Gasteiger partial charge in [0.1, 0.15) is 11.6 Å². The second-order valence-electron chi connectivity index (χ2n) is 2.99. The Kier molecular flexibility index (Phi) is 4.32. The van der Waals surface area contributed by atoms with E-state index in [9.17, 15) is 18.0 Å². The van der Waals surface area contributed by atoms with Gasteiger partial charge in [0.25, 0.3) is 6.43 Å². The summed E-state index contributed by atoms with van der Waals surface area (Å²) >= 11 is 2.92. The predicted molar refractivity (Wildman–Crippen MR) is 53.9 cm³/mol. The quantitative estimate of drug-likeness (QED) is 0.774. The molecule has 0 bridgehead atoms. The Hall–Kier alpha value is -0.840. The topological polar surface area (TPSA) is 17.1 Å². The van der Waals surface area contributed by atoms with Crippen molar-refractivity contribution in [1.82, 2.24) is 0 Å². The first-order chi connectivity index (χ1) is 7.04. The largest absolute Gasteiger partial charge is 0.298 e. The number of benzene rings is 1. The molecule has 0 fully saturated rings. The molecule has 0 aliphatic heterocycles. The van der Waals surface area contributed by atoms with Crippen molar-refractivity contribution in [2.24, 2.45) is 0 Å². The van der Waals surface area contributed by atoms with Crippen LogP contribution in [0.1, 0.15) is 17.6 Å². The first-order valence-corrected chi connectivity index (χ1v) is 5.31. The summed E-state index contributed by atoms with van der Waals surface area (Å²) in [6.45, 7) is 0. The van der Waals surface area contributed by atoms with E-state index in [0.29, 0.717) is 0 Å². The Morgan fingerprint density at radius 3 is 2.60 bits per heavy atom. The van der Waals surface area contributed by atoms with Crippen LogP contribution in [0.25, 0.3) is 0 Å². The van der Waals surface area contributed by atoms with E-state index >= 15 is 0 Å². The maximum absolute atomic E-state index is 12.8. The van der Waals surface area contributed by atoms with Crippen LogP contribution in [0.4, 0.5) is 13.2 Å². The molecule has 0 radical (unpaired) electrons. The van der Waals surface area contributed by atoms with Gasteiger partial charge in [-0.15, -0.1) is 0 Å². The standard InChI is InChI=1S/C10H8BrF3O/c11-5-8(15)4-6-3-7(12)1-2-9(6)10(13)14/h1-3,10H,4-5H2. The highest BCUT2D eigenvalue weighted by atomic mass is 79.9. The van der Waals surface area contributed by atoms with E-state index in [1.54, 1.807) is 0 Å². The number of carbonyl (C=O) groups excluding carboxylic acids is 1.